The van der Waals surface area contributed by atoms with Crippen LogP contribution in [0.4, 0.5) is 8.78 Å². The molecule has 2 unspecified atom stereocenters. The van der Waals surface area contributed by atoms with E-state index in [1.807, 2.05) is 6.07 Å². The van der Waals surface area contributed by atoms with E-state index in [0.29, 0.717) is 18.5 Å². The number of nitrogens with zero attached hydrogens (tertiary/aromatic N) is 1. The molecule has 106 valence electrons. The van der Waals surface area contributed by atoms with Gasteiger partial charge in [-0.15, -0.1) is 0 Å². The number of rotatable bonds is 4. The van der Waals surface area contributed by atoms with E-state index in [1.165, 1.54) is 6.07 Å². The van der Waals surface area contributed by atoms with Crippen LogP contribution in [-0.2, 0) is 6.54 Å². The number of hydrogen-bond donors (Lipinski definition) is 1. The Morgan fingerprint density at radius 2 is 2.21 bits per heavy atom. The second-order valence-electron chi connectivity index (χ2n) is 5.56. The van der Waals surface area contributed by atoms with Crippen molar-refractivity contribution in [3.05, 3.63) is 35.4 Å². The third-order valence-electron chi connectivity index (χ3n) is 3.88. The van der Waals surface area contributed by atoms with Crippen molar-refractivity contribution in [2.24, 2.45) is 5.92 Å². The van der Waals surface area contributed by atoms with Gasteiger partial charge in [-0.25, -0.2) is 8.78 Å². The molecule has 0 saturated carbocycles. The van der Waals surface area contributed by atoms with Crippen LogP contribution >= 0.6 is 0 Å². The molecule has 0 amide bonds. The van der Waals surface area contributed by atoms with Crippen molar-refractivity contribution in [2.75, 3.05) is 20.1 Å². The van der Waals surface area contributed by atoms with E-state index in [2.05, 4.69) is 24.2 Å². The van der Waals surface area contributed by atoms with Crippen LogP contribution in [0.25, 0.3) is 0 Å². The van der Waals surface area contributed by atoms with Crippen LogP contribution in [0.3, 0.4) is 0 Å². The smallest absolute Gasteiger partial charge is 0.263 e. The fourth-order valence-corrected chi connectivity index (χ4v) is 2.75. The Bertz CT molecular complexity index is 409. The van der Waals surface area contributed by atoms with Gasteiger partial charge in [0.2, 0.25) is 0 Å². The van der Waals surface area contributed by atoms with Gasteiger partial charge >= 0.3 is 0 Å². The Labute approximate surface area is 113 Å². The van der Waals surface area contributed by atoms with Crippen LogP contribution in [0, 0.1) is 5.92 Å². The van der Waals surface area contributed by atoms with Gasteiger partial charge in [-0.05, 0) is 37.6 Å². The van der Waals surface area contributed by atoms with Crippen LogP contribution in [-0.4, -0.2) is 31.1 Å². The average Bonchev–Trinajstić information content (AvgIpc) is 2.38. The fourth-order valence-electron chi connectivity index (χ4n) is 2.75. The van der Waals surface area contributed by atoms with Gasteiger partial charge < -0.3 is 10.2 Å². The van der Waals surface area contributed by atoms with Gasteiger partial charge in [0.15, 0.2) is 0 Å². The van der Waals surface area contributed by atoms with Crippen molar-refractivity contribution in [3.8, 4) is 0 Å². The third-order valence-corrected chi connectivity index (χ3v) is 3.88. The molecule has 0 aromatic heterocycles. The summed E-state index contributed by atoms with van der Waals surface area (Å²) < 4.78 is 25.2. The summed E-state index contributed by atoms with van der Waals surface area (Å²) in [5.41, 5.74) is 1.04. The molecule has 0 bridgehead atoms. The largest absolute Gasteiger partial charge is 0.310 e. The first kappa shape index (κ1) is 14.4. The first-order valence-electron chi connectivity index (χ1n) is 6.85. The molecule has 1 aromatic rings. The van der Waals surface area contributed by atoms with Crippen molar-refractivity contribution in [3.63, 3.8) is 0 Å². The summed E-state index contributed by atoms with van der Waals surface area (Å²) >= 11 is 0. The predicted molar refractivity (Wildman–Crippen MR) is 73.3 cm³/mol. The highest BCUT2D eigenvalue weighted by Crippen LogP contribution is 2.20. The van der Waals surface area contributed by atoms with Gasteiger partial charge in [0, 0.05) is 24.7 Å². The third kappa shape index (κ3) is 3.98. The van der Waals surface area contributed by atoms with Crippen LogP contribution < -0.4 is 5.32 Å². The molecule has 0 radical (unpaired) electrons. The maximum absolute atomic E-state index is 12.6. The molecule has 2 nitrogen and oxygen atoms in total. The maximum atomic E-state index is 12.6. The molecule has 19 heavy (non-hydrogen) atoms. The molecule has 1 fully saturated rings. The first-order chi connectivity index (χ1) is 9.06. The molecule has 0 aliphatic carbocycles. The van der Waals surface area contributed by atoms with Crippen LogP contribution in [0.1, 0.15) is 30.9 Å². The fraction of sp³-hybridized carbons (Fsp3) is 0.600. The normalized spacial score (nSPS) is 24.9. The number of nitrogens with one attached hydrogen (secondary N) is 1. The predicted octanol–water partition coefficient (Wildman–Crippen LogP) is 3.05. The molecule has 4 heteroatoms. The molecular formula is C15H22F2N2. The SMILES string of the molecule is CC1CN(C)CCC1NCc1cccc(C(F)F)c1. The molecule has 1 aliphatic heterocycles. The lowest BCUT2D eigenvalue weighted by atomic mass is 9.94. The summed E-state index contributed by atoms with van der Waals surface area (Å²) in [5, 5.41) is 3.50. The summed E-state index contributed by atoms with van der Waals surface area (Å²) in [7, 11) is 2.14. The summed E-state index contributed by atoms with van der Waals surface area (Å²) in [4.78, 5) is 2.33. The molecule has 2 atom stereocenters. The number of halogens is 2. The zero-order valence-electron chi connectivity index (χ0n) is 11.6. The molecule has 1 heterocycles. The topological polar surface area (TPSA) is 15.3 Å². The van der Waals surface area contributed by atoms with Crippen molar-refractivity contribution in [2.45, 2.75) is 32.4 Å². The molecule has 2 rings (SSSR count). The van der Waals surface area contributed by atoms with E-state index in [1.54, 1.807) is 12.1 Å². The Morgan fingerprint density at radius 1 is 1.42 bits per heavy atom. The highest BCUT2D eigenvalue weighted by Gasteiger charge is 2.23. The van der Waals surface area contributed by atoms with Gasteiger partial charge in [-0.2, -0.15) is 0 Å². The lowest BCUT2D eigenvalue weighted by Gasteiger charge is -2.35. The number of hydrogen-bond acceptors (Lipinski definition) is 2. The van der Waals surface area contributed by atoms with Gasteiger partial charge in [0.25, 0.3) is 6.43 Å². The quantitative estimate of drug-likeness (QED) is 0.903. The van der Waals surface area contributed by atoms with Crippen molar-refractivity contribution in [1.82, 2.24) is 10.2 Å². The standard InChI is InChI=1S/C15H22F2N2/c1-11-10-19(2)7-6-14(11)18-9-12-4-3-5-13(8-12)15(16)17/h3-5,8,11,14-15,18H,6-7,9-10H2,1-2H3. The Kier molecular flexibility index (Phi) is 4.88. The van der Waals surface area contributed by atoms with E-state index in [9.17, 15) is 8.78 Å². The minimum Gasteiger partial charge on any atom is -0.310 e. The summed E-state index contributed by atoms with van der Waals surface area (Å²) in [6.45, 7) is 5.09. The monoisotopic (exact) mass is 268 g/mol. The zero-order valence-corrected chi connectivity index (χ0v) is 11.6. The molecular weight excluding hydrogens is 246 g/mol. The summed E-state index contributed by atoms with van der Waals surface area (Å²) in [6, 6.07) is 7.16. The molecule has 1 aromatic carbocycles. The van der Waals surface area contributed by atoms with Crippen LogP contribution in [0.15, 0.2) is 24.3 Å². The van der Waals surface area contributed by atoms with E-state index in [4.69, 9.17) is 0 Å². The van der Waals surface area contributed by atoms with E-state index < -0.39 is 6.43 Å². The van der Waals surface area contributed by atoms with Crippen molar-refractivity contribution < 1.29 is 8.78 Å². The Hall–Kier alpha value is -1.00. The highest BCUT2D eigenvalue weighted by molar-refractivity contribution is 5.24. The van der Waals surface area contributed by atoms with Crippen molar-refractivity contribution >= 4 is 0 Å². The van der Waals surface area contributed by atoms with Gasteiger partial charge in [-0.1, -0.05) is 25.1 Å². The molecule has 0 spiro atoms. The lowest BCUT2D eigenvalue weighted by Crippen LogP contribution is -2.46. The molecule has 1 aliphatic rings. The van der Waals surface area contributed by atoms with E-state index >= 15 is 0 Å². The van der Waals surface area contributed by atoms with Gasteiger partial charge in [-0.3, -0.25) is 0 Å². The summed E-state index contributed by atoms with van der Waals surface area (Å²) in [5.74, 6) is 0.594. The minimum atomic E-state index is -2.39. The van der Waals surface area contributed by atoms with E-state index in [0.717, 1.165) is 25.1 Å². The van der Waals surface area contributed by atoms with Crippen molar-refractivity contribution in [1.29, 1.82) is 0 Å². The minimum absolute atomic E-state index is 0.107. The lowest BCUT2D eigenvalue weighted by molar-refractivity contribution is 0.151. The number of alkyl halides is 2. The molecule has 1 N–H and O–H groups in total. The first-order valence-corrected chi connectivity index (χ1v) is 6.85. The average molecular weight is 268 g/mol. The number of benzene rings is 1. The number of likely N-dealkylation sites (tertiary alicyclic amines) is 1. The highest BCUT2D eigenvalue weighted by atomic mass is 19.3. The Balaban J connectivity index is 1.90. The summed E-state index contributed by atoms with van der Waals surface area (Å²) in [6.07, 6.45) is -1.27. The maximum Gasteiger partial charge on any atom is 0.263 e. The van der Waals surface area contributed by atoms with E-state index in [-0.39, 0.29) is 5.56 Å². The zero-order chi connectivity index (χ0) is 13.8. The van der Waals surface area contributed by atoms with Gasteiger partial charge in [0.1, 0.15) is 0 Å². The molecule has 1 saturated heterocycles. The van der Waals surface area contributed by atoms with Gasteiger partial charge in [0.05, 0.1) is 0 Å². The second kappa shape index (κ2) is 6.44. The second-order valence-corrected chi connectivity index (χ2v) is 5.56. The number of piperidine rings is 1. The van der Waals surface area contributed by atoms with Crippen LogP contribution in [0.5, 0.6) is 0 Å². The van der Waals surface area contributed by atoms with Crippen LogP contribution in [0.2, 0.25) is 0 Å². The Morgan fingerprint density at radius 3 is 2.89 bits per heavy atom.